The molecule has 3 aromatic carbocycles. The maximum atomic E-state index is 14.3. The Bertz CT molecular complexity index is 2670. The maximum Gasteiger partial charge on any atom is 0.251 e. The second kappa shape index (κ2) is 20.2. The van der Waals surface area contributed by atoms with E-state index in [9.17, 15) is 24.8 Å². The smallest absolute Gasteiger partial charge is 0.251 e. The number of hydrogen-bond donors (Lipinski definition) is 3. The van der Waals surface area contributed by atoms with E-state index in [2.05, 4.69) is 59.4 Å². The zero-order valence-corrected chi connectivity index (χ0v) is 42.2. The molecule has 2 aromatic heterocycles. The van der Waals surface area contributed by atoms with Crippen molar-refractivity contribution in [2.75, 3.05) is 31.1 Å². The summed E-state index contributed by atoms with van der Waals surface area (Å²) in [7, 11) is 0. The van der Waals surface area contributed by atoms with Crippen LogP contribution in [0.1, 0.15) is 107 Å². The molecule has 4 heterocycles. The number of ether oxygens (including phenoxy) is 2. The van der Waals surface area contributed by atoms with Crippen LogP contribution in [-0.4, -0.2) is 93.0 Å². The molecule has 14 nitrogen and oxygen atoms in total. The number of β-amino-alcohol motifs (C(OH)–C–C–N with tert-alkyl or cyclic N) is 1. The molecule has 364 valence electrons. The van der Waals surface area contributed by atoms with Crippen LogP contribution in [-0.2, 0) is 9.59 Å². The van der Waals surface area contributed by atoms with Gasteiger partial charge in [0.15, 0.2) is 5.75 Å². The second-order valence-electron chi connectivity index (χ2n) is 20.4. The molecule has 1 saturated carbocycles. The molecule has 69 heavy (non-hydrogen) atoms. The van der Waals surface area contributed by atoms with Gasteiger partial charge in [-0.2, -0.15) is 10.4 Å². The Balaban J connectivity index is 0.804. The Hall–Kier alpha value is -5.95. The van der Waals surface area contributed by atoms with Crippen LogP contribution in [0.15, 0.2) is 84.6 Å². The molecule has 4 atom stereocenters. The number of rotatable bonds is 15. The molecular formula is C53H63ClN8O6S. The van der Waals surface area contributed by atoms with E-state index in [0.717, 1.165) is 53.3 Å². The lowest BCUT2D eigenvalue weighted by molar-refractivity contribution is -0.164. The molecule has 2 aliphatic heterocycles. The Morgan fingerprint density at radius 1 is 0.986 bits per heavy atom. The fraction of sp³-hybridized carbons (Fsp3) is 0.472. The molecule has 16 heteroatoms. The number of amides is 3. The lowest BCUT2D eigenvalue weighted by Gasteiger charge is -2.63. The van der Waals surface area contributed by atoms with Crippen LogP contribution in [0.3, 0.4) is 0 Å². The number of thiazole rings is 1. The quantitative estimate of drug-likeness (QED) is 0.0920. The van der Waals surface area contributed by atoms with Crippen molar-refractivity contribution in [3.05, 3.63) is 112 Å². The largest absolute Gasteiger partial charge is 0.490 e. The molecular weight excluding hydrogens is 912 g/mol. The van der Waals surface area contributed by atoms with Crippen molar-refractivity contribution in [3.63, 3.8) is 0 Å². The van der Waals surface area contributed by atoms with Gasteiger partial charge in [0.05, 0.1) is 57.8 Å². The van der Waals surface area contributed by atoms with E-state index in [1.165, 1.54) is 4.90 Å². The minimum atomic E-state index is -0.818. The number of aliphatic hydroxyl groups is 1. The lowest BCUT2D eigenvalue weighted by Crippen LogP contribution is -2.74. The molecule has 3 amide bonds. The van der Waals surface area contributed by atoms with Crippen LogP contribution < -0.4 is 25.0 Å². The molecule has 1 aliphatic carbocycles. The number of carbonyl (C=O) groups is 3. The van der Waals surface area contributed by atoms with E-state index in [1.54, 1.807) is 46.6 Å². The highest BCUT2D eigenvalue weighted by Crippen LogP contribution is 2.55. The number of aliphatic hydroxyl groups excluding tert-OH is 1. The highest BCUT2D eigenvalue weighted by molar-refractivity contribution is 7.13. The number of halogens is 1. The number of hydrogen-bond acceptors (Lipinski definition) is 11. The van der Waals surface area contributed by atoms with Crippen molar-refractivity contribution < 1.29 is 29.0 Å². The number of carbonyl (C=O) groups excluding carboxylic acids is 3. The third-order valence-electron chi connectivity index (χ3n) is 14.4. The highest BCUT2D eigenvalue weighted by Gasteiger charge is 2.64. The number of likely N-dealkylation sites (tertiary alicyclic amines) is 1. The van der Waals surface area contributed by atoms with Gasteiger partial charge in [-0.1, -0.05) is 77.4 Å². The van der Waals surface area contributed by atoms with Gasteiger partial charge in [-0.3, -0.25) is 19.1 Å². The van der Waals surface area contributed by atoms with Crippen molar-refractivity contribution >= 4 is 46.3 Å². The summed E-state index contributed by atoms with van der Waals surface area (Å²) in [6.45, 7) is 18.4. The zero-order valence-electron chi connectivity index (χ0n) is 40.6. The summed E-state index contributed by atoms with van der Waals surface area (Å²) in [5, 5.41) is 31.3. The predicted octanol–water partition coefficient (Wildman–Crippen LogP) is 8.78. The van der Waals surface area contributed by atoms with Crippen LogP contribution in [0.2, 0.25) is 5.02 Å². The minimum Gasteiger partial charge on any atom is -0.490 e. The molecule has 3 fully saturated rings. The molecule has 0 bridgehead atoms. The van der Waals surface area contributed by atoms with E-state index in [-0.39, 0.29) is 65.6 Å². The molecule has 0 spiro atoms. The van der Waals surface area contributed by atoms with Crippen molar-refractivity contribution in [1.29, 1.82) is 5.26 Å². The van der Waals surface area contributed by atoms with Crippen molar-refractivity contribution in [3.8, 4) is 28.0 Å². The summed E-state index contributed by atoms with van der Waals surface area (Å²) in [4.78, 5) is 50.9. The number of aromatic nitrogens is 3. The molecule has 3 N–H and O–H groups in total. The van der Waals surface area contributed by atoms with Gasteiger partial charge in [-0.25, -0.2) is 4.98 Å². The summed E-state index contributed by atoms with van der Waals surface area (Å²) in [6.07, 6.45) is 4.37. The monoisotopic (exact) mass is 974 g/mol. The Morgan fingerprint density at radius 2 is 1.68 bits per heavy atom. The van der Waals surface area contributed by atoms with Crippen LogP contribution in [0.4, 0.5) is 5.69 Å². The summed E-state index contributed by atoms with van der Waals surface area (Å²) in [6, 6.07) is 21.0. The molecule has 3 aliphatic rings. The van der Waals surface area contributed by atoms with Gasteiger partial charge in [0, 0.05) is 60.2 Å². The van der Waals surface area contributed by atoms with Crippen molar-refractivity contribution in [2.45, 2.75) is 111 Å². The van der Waals surface area contributed by atoms with Gasteiger partial charge in [0.2, 0.25) is 11.8 Å². The number of nitrogens with zero attached hydrogens (tertiary/aromatic N) is 6. The normalized spacial score (nSPS) is 21.8. The van der Waals surface area contributed by atoms with Gasteiger partial charge >= 0.3 is 0 Å². The topological polar surface area (TPSA) is 175 Å². The third-order valence-corrected chi connectivity index (χ3v) is 15.7. The van der Waals surface area contributed by atoms with E-state index in [4.69, 9.17) is 21.1 Å². The molecule has 0 radical (unpaired) electrons. The van der Waals surface area contributed by atoms with E-state index in [0.29, 0.717) is 40.2 Å². The number of nitrogens with one attached hydrogen (secondary N) is 2. The second-order valence-corrected chi connectivity index (χ2v) is 21.7. The standard InChI is InChI=1S/C53H63ClN8O6S/c1-31(2)45(49(66)61-27-40(63)23-44(61)48(65)58-32(3)35-9-11-36(12-10-35)46-33(4)56-30-69-46)62-28-42(26-57-62)67-29-34-19-21-60(22-20-34)39-16-13-37(14-17-39)47(64)59-50-52(5,6)51(53(50,7)8)68-41-18-15-38(25-55)43(54)24-41/h9-18,24,26,28,30-32,34,40,44-45,50-51,63H,19-23,27,29H2,1-8H3,(H,58,65)(H,59,64)/t32-,40+,44-,45?,50?,51?/m0/s1. The van der Waals surface area contributed by atoms with Crippen LogP contribution in [0.25, 0.3) is 10.4 Å². The summed E-state index contributed by atoms with van der Waals surface area (Å²) >= 11 is 7.86. The first-order valence-corrected chi connectivity index (χ1v) is 25.1. The van der Waals surface area contributed by atoms with Crippen LogP contribution in [0.5, 0.6) is 11.5 Å². The summed E-state index contributed by atoms with van der Waals surface area (Å²) in [5.41, 5.74) is 6.11. The van der Waals surface area contributed by atoms with Crippen LogP contribution in [0, 0.1) is 40.9 Å². The molecule has 8 rings (SSSR count). The molecule has 5 aromatic rings. The molecule has 2 saturated heterocycles. The minimum absolute atomic E-state index is 0.0642. The van der Waals surface area contributed by atoms with E-state index < -0.39 is 18.2 Å². The summed E-state index contributed by atoms with van der Waals surface area (Å²) in [5.74, 6) is 0.611. The highest BCUT2D eigenvalue weighted by atomic mass is 35.5. The van der Waals surface area contributed by atoms with Crippen molar-refractivity contribution in [1.82, 2.24) is 30.3 Å². The lowest BCUT2D eigenvalue weighted by atomic mass is 9.49. The maximum absolute atomic E-state index is 14.3. The average molecular weight is 976 g/mol. The first kappa shape index (κ1) is 49.5. The first-order valence-electron chi connectivity index (χ1n) is 23.8. The Kier molecular flexibility index (Phi) is 14.5. The van der Waals surface area contributed by atoms with E-state index in [1.807, 2.05) is 81.7 Å². The number of benzene rings is 3. The fourth-order valence-corrected chi connectivity index (χ4v) is 11.9. The van der Waals surface area contributed by atoms with Gasteiger partial charge in [0.25, 0.3) is 5.91 Å². The average Bonchev–Trinajstić information content (AvgIpc) is 4.09. The number of piperidine rings is 1. The fourth-order valence-electron chi connectivity index (χ4n) is 10.8. The predicted molar refractivity (Wildman–Crippen MR) is 267 cm³/mol. The first-order chi connectivity index (χ1) is 32.8. The van der Waals surface area contributed by atoms with Gasteiger partial charge in [-0.15, -0.1) is 11.3 Å². The molecule has 1 unspecified atom stereocenters. The van der Waals surface area contributed by atoms with Gasteiger partial charge in [0.1, 0.15) is 30.0 Å². The number of anilines is 1. The van der Waals surface area contributed by atoms with Gasteiger partial charge in [-0.05, 0) is 86.1 Å². The number of nitriles is 1. The third kappa shape index (κ3) is 10.3. The van der Waals surface area contributed by atoms with Crippen LogP contribution >= 0.6 is 22.9 Å². The Morgan fingerprint density at radius 3 is 2.30 bits per heavy atom. The summed E-state index contributed by atoms with van der Waals surface area (Å²) < 4.78 is 14.3. The Labute approximate surface area is 414 Å². The van der Waals surface area contributed by atoms with E-state index >= 15 is 0 Å². The van der Waals surface area contributed by atoms with Gasteiger partial charge < -0.3 is 35.0 Å². The SMILES string of the molecule is Cc1ncsc1-c1ccc([C@H](C)NC(=O)[C@@H]2C[C@@H](O)CN2C(=O)C(C(C)C)n2cc(OCC3CCN(c4ccc(C(=O)NC5C(C)(C)C(Oc6ccc(C#N)c(Cl)c6)C5(C)C)cc4)CC3)cn2)cc1. The zero-order chi connectivity index (χ0) is 49.4. The number of aryl methyl sites for hydroxylation is 1. The van der Waals surface area contributed by atoms with Crippen molar-refractivity contribution in [2.24, 2.45) is 22.7 Å².